The fraction of sp³-hybridized carbons (Fsp3) is 0.100. The molecule has 1 aromatic heterocycles. The van der Waals surface area contributed by atoms with Gasteiger partial charge in [-0.05, 0) is 48.5 Å². The van der Waals surface area contributed by atoms with Gasteiger partial charge in [0.1, 0.15) is 11.5 Å². The number of nitrogens with one attached hydrogen (secondary N) is 2. The number of rotatable bonds is 6. The van der Waals surface area contributed by atoms with Crippen LogP contribution in [0, 0.1) is 0 Å². The van der Waals surface area contributed by atoms with Gasteiger partial charge >= 0.3 is 0 Å². The van der Waals surface area contributed by atoms with E-state index in [9.17, 15) is 9.59 Å². The third-order valence-corrected chi connectivity index (χ3v) is 3.69. The van der Waals surface area contributed by atoms with Gasteiger partial charge in [-0.3, -0.25) is 9.59 Å². The van der Waals surface area contributed by atoms with Gasteiger partial charge in [0.25, 0.3) is 11.8 Å². The van der Waals surface area contributed by atoms with Crippen molar-refractivity contribution in [2.24, 2.45) is 0 Å². The van der Waals surface area contributed by atoms with Crippen molar-refractivity contribution < 1.29 is 18.7 Å². The summed E-state index contributed by atoms with van der Waals surface area (Å²) in [6, 6.07) is 19.1. The number of carbonyl (C=O) groups is 2. The Labute approximate surface area is 150 Å². The highest BCUT2D eigenvalue weighted by Crippen LogP contribution is 2.13. The van der Waals surface area contributed by atoms with E-state index >= 15 is 0 Å². The van der Waals surface area contributed by atoms with Gasteiger partial charge in [-0.1, -0.05) is 18.2 Å². The van der Waals surface area contributed by atoms with Crippen LogP contribution in [0.25, 0.3) is 0 Å². The summed E-state index contributed by atoms with van der Waals surface area (Å²) in [5.74, 6) is 0.776. The van der Waals surface area contributed by atoms with Crippen molar-refractivity contribution >= 4 is 17.5 Å². The lowest BCUT2D eigenvalue weighted by Gasteiger charge is -2.05. The molecule has 0 unspecified atom stereocenters. The van der Waals surface area contributed by atoms with E-state index in [0.29, 0.717) is 22.8 Å². The minimum absolute atomic E-state index is 0.183. The lowest BCUT2D eigenvalue weighted by molar-refractivity contribution is 0.0948. The van der Waals surface area contributed by atoms with Crippen LogP contribution in [-0.2, 0) is 6.54 Å². The maximum atomic E-state index is 12.1. The van der Waals surface area contributed by atoms with Gasteiger partial charge in [-0.15, -0.1) is 0 Å². The molecule has 0 aliphatic rings. The lowest BCUT2D eigenvalue weighted by Crippen LogP contribution is -2.22. The van der Waals surface area contributed by atoms with Crippen molar-refractivity contribution in [2.45, 2.75) is 6.54 Å². The molecule has 0 aliphatic heterocycles. The van der Waals surface area contributed by atoms with E-state index < -0.39 is 0 Å². The number of methoxy groups -OCH3 is 1. The van der Waals surface area contributed by atoms with Crippen molar-refractivity contribution in [3.63, 3.8) is 0 Å². The highest BCUT2D eigenvalue weighted by molar-refractivity contribution is 6.02. The number of hydrogen-bond donors (Lipinski definition) is 2. The number of carbonyl (C=O) groups excluding carboxylic acids is 2. The fourth-order valence-corrected chi connectivity index (χ4v) is 2.32. The average Bonchev–Trinajstić information content (AvgIpc) is 3.16. The highest BCUT2D eigenvalue weighted by Gasteiger charge is 2.12. The summed E-state index contributed by atoms with van der Waals surface area (Å²) < 4.78 is 10.6. The van der Waals surface area contributed by atoms with Gasteiger partial charge in [0.05, 0.1) is 13.7 Å². The summed E-state index contributed by atoms with van der Waals surface area (Å²) >= 11 is 0. The molecule has 2 aromatic carbocycles. The van der Waals surface area contributed by atoms with E-state index in [1.165, 1.54) is 0 Å². The third kappa shape index (κ3) is 4.30. The van der Waals surface area contributed by atoms with Gasteiger partial charge in [-0.25, -0.2) is 0 Å². The molecule has 6 nitrogen and oxygen atoms in total. The lowest BCUT2D eigenvalue weighted by atomic mass is 10.2. The van der Waals surface area contributed by atoms with Gasteiger partial charge < -0.3 is 19.8 Å². The van der Waals surface area contributed by atoms with E-state index in [1.807, 2.05) is 18.2 Å². The van der Waals surface area contributed by atoms with E-state index in [2.05, 4.69) is 10.6 Å². The van der Waals surface area contributed by atoms with Crippen LogP contribution < -0.4 is 15.4 Å². The average molecular weight is 350 g/mol. The molecule has 0 spiro atoms. The Bertz CT molecular complexity index is 886. The number of ether oxygens (including phenoxy) is 1. The molecule has 0 bridgehead atoms. The first-order chi connectivity index (χ1) is 12.7. The molecule has 3 aromatic rings. The van der Waals surface area contributed by atoms with Gasteiger partial charge in [0.15, 0.2) is 5.76 Å². The Morgan fingerprint density at radius 2 is 1.65 bits per heavy atom. The third-order valence-electron chi connectivity index (χ3n) is 3.69. The topological polar surface area (TPSA) is 80.6 Å². The molecule has 0 saturated heterocycles. The van der Waals surface area contributed by atoms with Crippen LogP contribution in [0.2, 0.25) is 0 Å². The van der Waals surface area contributed by atoms with Crippen molar-refractivity contribution in [3.05, 3.63) is 83.8 Å². The van der Waals surface area contributed by atoms with E-state index in [-0.39, 0.29) is 24.1 Å². The van der Waals surface area contributed by atoms with Crippen molar-refractivity contribution in [1.82, 2.24) is 5.32 Å². The summed E-state index contributed by atoms with van der Waals surface area (Å²) in [7, 11) is 1.57. The Morgan fingerprint density at radius 3 is 2.35 bits per heavy atom. The second kappa shape index (κ2) is 8.02. The molecule has 0 radical (unpaired) electrons. The Balaban J connectivity index is 1.56. The zero-order chi connectivity index (χ0) is 18.4. The van der Waals surface area contributed by atoms with Crippen molar-refractivity contribution in [1.29, 1.82) is 0 Å². The zero-order valence-corrected chi connectivity index (χ0v) is 14.2. The zero-order valence-electron chi connectivity index (χ0n) is 14.2. The molecule has 26 heavy (non-hydrogen) atoms. The number of amides is 2. The predicted octanol–water partition coefficient (Wildman–Crippen LogP) is 3.47. The molecule has 0 aliphatic carbocycles. The Hall–Kier alpha value is -3.54. The number of benzene rings is 2. The highest BCUT2D eigenvalue weighted by atomic mass is 16.5. The molecule has 132 valence electrons. The molecule has 2 N–H and O–H groups in total. The smallest absolute Gasteiger partial charge is 0.291 e. The first-order valence-electron chi connectivity index (χ1n) is 8.03. The van der Waals surface area contributed by atoms with Crippen LogP contribution in [0.1, 0.15) is 26.7 Å². The quantitative estimate of drug-likeness (QED) is 0.713. The summed E-state index contributed by atoms with van der Waals surface area (Å²) in [5, 5.41) is 5.49. The van der Waals surface area contributed by atoms with E-state index in [1.54, 1.807) is 55.6 Å². The van der Waals surface area contributed by atoms with Crippen LogP contribution in [0.3, 0.4) is 0 Å². The molecule has 0 saturated carbocycles. The van der Waals surface area contributed by atoms with Gasteiger partial charge in [-0.2, -0.15) is 0 Å². The molecule has 2 amide bonds. The summed E-state index contributed by atoms with van der Waals surface area (Å²) in [6.07, 6.45) is 0. The molecule has 6 heteroatoms. The first kappa shape index (κ1) is 17.3. The van der Waals surface area contributed by atoms with Crippen LogP contribution in [-0.4, -0.2) is 18.9 Å². The minimum atomic E-state index is -0.344. The second-order valence-electron chi connectivity index (χ2n) is 5.50. The Morgan fingerprint density at radius 1 is 0.923 bits per heavy atom. The fourth-order valence-electron chi connectivity index (χ4n) is 2.32. The van der Waals surface area contributed by atoms with Gasteiger partial charge in [0.2, 0.25) is 0 Å². The molecule has 1 heterocycles. The van der Waals surface area contributed by atoms with Crippen LogP contribution in [0.15, 0.2) is 71.1 Å². The molecule has 3 rings (SSSR count). The van der Waals surface area contributed by atoms with Crippen LogP contribution >= 0.6 is 0 Å². The SMILES string of the molecule is COc1ccc(C(=O)NCc2ccc(C(=O)Nc3ccccc3)o2)cc1. The van der Waals surface area contributed by atoms with E-state index in [0.717, 1.165) is 0 Å². The Kier molecular flexibility index (Phi) is 5.34. The monoisotopic (exact) mass is 350 g/mol. The van der Waals surface area contributed by atoms with Crippen molar-refractivity contribution in [3.8, 4) is 5.75 Å². The van der Waals surface area contributed by atoms with Crippen LogP contribution in [0.4, 0.5) is 5.69 Å². The number of para-hydroxylation sites is 1. The first-order valence-corrected chi connectivity index (χ1v) is 8.03. The standard InChI is InChI=1S/C20H18N2O4/c1-25-16-9-7-14(8-10-16)19(23)21-13-17-11-12-18(26-17)20(24)22-15-5-3-2-4-6-15/h2-12H,13H2,1H3,(H,21,23)(H,22,24). The minimum Gasteiger partial charge on any atom is -0.497 e. The van der Waals surface area contributed by atoms with Crippen molar-refractivity contribution in [2.75, 3.05) is 12.4 Å². The maximum absolute atomic E-state index is 12.1. The number of anilines is 1. The van der Waals surface area contributed by atoms with E-state index in [4.69, 9.17) is 9.15 Å². The van der Waals surface area contributed by atoms with Crippen LogP contribution in [0.5, 0.6) is 5.75 Å². The molecule has 0 atom stereocenters. The molecule has 0 fully saturated rings. The number of hydrogen-bond acceptors (Lipinski definition) is 4. The normalized spacial score (nSPS) is 10.2. The number of furan rings is 1. The summed E-state index contributed by atoms with van der Waals surface area (Å²) in [5.41, 5.74) is 1.20. The summed E-state index contributed by atoms with van der Waals surface area (Å²) in [6.45, 7) is 0.184. The largest absolute Gasteiger partial charge is 0.497 e. The van der Waals surface area contributed by atoms with Gasteiger partial charge in [0, 0.05) is 11.3 Å². The predicted molar refractivity (Wildman–Crippen MR) is 97.3 cm³/mol. The maximum Gasteiger partial charge on any atom is 0.291 e. The summed E-state index contributed by atoms with van der Waals surface area (Å²) in [4.78, 5) is 24.3. The molecular weight excluding hydrogens is 332 g/mol. The second-order valence-corrected chi connectivity index (χ2v) is 5.50. The molecular formula is C20H18N2O4.